The number of hydrogen-bond acceptors (Lipinski definition) is 4. The van der Waals surface area contributed by atoms with Crippen molar-refractivity contribution in [1.29, 1.82) is 0 Å². The fourth-order valence-corrected chi connectivity index (χ4v) is 0.999. The van der Waals surface area contributed by atoms with Crippen LogP contribution >= 0.6 is 9.39 Å². The highest BCUT2D eigenvalue weighted by molar-refractivity contribution is 7.14. The SMILES string of the molecule is C/C(=C(/NP)C(=O)O)[C@H](O)CO. The van der Waals surface area contributed by atoms with E-state index >= 15 is 0 Å². The minimum Gasteiger partial charge on any atom is -0.477 e. The molecule has 0 radical (unpaired) electrons. The molecule has 1 unspecified atom stereocenters. The van der Waals surface area contributed by atoms with Crippen LogP contribution in [0.2, 0.25) is 0 Å². The van der Waals surface area contributed by atoms with E-state index in [9.17, 15) is 4.79 Å². The molecule has 6 heteroatoms. The first-order valence-electron chi connectivity index (χ1n) is 3.24. The van der Waals surface area contributed by atoms with Crippen LogP contribution in [0, 0.1) is 0 Å². The van der Waals surface area contributed by atoms with Crippen LogP contribution in [0.25, 0.3) is 0 Å². The van der Waals surface area contributed by atoms with Crippen LogP contribution in [-0.4, -0.2) is 34.0 Å². The lowest BCUT2D eigenvalue weighted by Crippen LogP contribution is -2.22. The molecule has 0 aromatic heterocycles. The van der Waals surface area contributed by atoms with Crippen molar-refractivity contribution >= 4 is 15.4 Å². The fraction of sp³-hybridized carbons (Fsp3) is 0.500. The second-order valence-electron chi connectivity index (χ2n) is 2.21. The first-order chi connectivity index (χ1) is 5.54. The lowest BCUT2D eigenvalue weighted by atomic mass is 10.1. The van der Waals surface area contributed by atoms with E-state index in [2.05, 4.69) is 5.09 Å². The quantitative estimate of drug-likeness (QED) is 0.342. The minimum atomic E-state index is -1.17. The molecular formula is C6H12NO4P. The van der Waals surface area contributed by atoms with Crippen LogP contribution in [0.1, 0.15) is 6.92 Å². The number of aliphatic hydroxyl groups is 2. The summed E-state index contributed by atoms with van der Waals surface area (Å²) >= 11 is 0. The van der Waals surface area contributed by atoms with Crippen LogP contribution in [0.5, 0.6) is 0 Å². The summed E-state index contributed by atoms with van der Waals surface area (Å²) in [7, 11) is 2.02. The standard InChI is InChI=1S/C6H12NO4P/c1-3(4(9)2-8)5(7-12)6(10)11/h4,7-9H,2,12H2,1H3,(H,10,11)/b5-3-/t4-/m1/s1. The summed E-state index contributed by atoms with van der Waals surface area (Å²) < 4.78 is 0. The largest absolute Gasteiger partial charge is 0.477 e. The van der Waals surface area contributed by atoms with Gasteiger partial charge in [0.05, 0.1) is 6.61 Å². The maximum atomic E-state index is 10.5. The van der Waals surface area contributed by atoms with Gasteiger partial charge in [0.25, 0.3) is 0 Å². The molecule has 0 aliphatic rings. The van der Waals surface area contributed by atoms with Gasteiger partial charge in [-0.05, 0) is 21.9 Å². The lowest BCUT2D eigenvalue weighted by Gasteiger charge is -2.11. The highest BCUT2D eigenvalue weighted by Crippen LogP contribution is 2.07. The lowest BCUT2D eigenvalue weighted by molar-refractivity contribution is -0.133. The number of hydrogen-bond donors (Lipinski definition) is 4. The molecule has 0 fully saturated rings. The summed E-state index contributed by atoms with van der Waals surface area (Å²) in [5, 5.41) is 28.5. The van der Waals surface area contributed by atoms with Gasteiger partial charge in [-0.2, -0.15) is 0 Å². The molecular weight excluding hydrogens is 181 g/mol. The van der Waals surface area contributed by atoms with Crippen LogP contribution in [0.15, 0.2) is 11.3 Å². The zero-order valence-electron chi connectivity index (χ0n) is 6.61. The molecule has 0 saturated heterocycles. The number of nitrogens with one attached hydrogen (secondary N) is 1. The molecule has 0 bridgehead atoms. The van der Waals surface area contributed by atoms with Crippen LogP contribution in [0.4, 0.5) is 0 Å². The van der Waals surface area contributed by atoms with E-state index < -0.39 is 18.7 Å². The van der Waals surface area contributed by atoms with Gasteiger partial charge in [-0.25, -0.2) is 4.79 Å². The maximum absolute atomic E-state index is 10.5. The molecule has 4 N–H and O–H groups in total. The predicted octanol–water partition coefficient (Wildman–Crippen LogP) is -0.922. The van der Waals surface area contributed by atoms with Gasteiger partial charge in [-0.1, -0.05) is 0 Å². The second-order valence-corrected chi connectivity index (χ2v) is 2.49. The number of carbonyl (C=O) groups is 1. The van der Waals surface area contributed by atoms with E-state index in [1.165, 1.54) is 6.92 Å². The Morgan fingerprint density at radius 3 is 2.42 bits per heavy atom. The van der Waals surface area contributed by atoms with Crippen molar-refractivity contribution in [2.75, 3.05) is 6.61 Å². The number of carboxylic acids is 1. The third-order valence-corrected chi connectivity index (χ3v) is 1.71. The molecule has 0 spiro atoms. The maximum Gasteiger partial charge on any atom is 0.352 e. The zero-order valence-corrected chi connectivity index (χ0v) is 7.77. The average molecular weight is 193 g/mol. The van der Waals surface area contributed by atoms with Crippen molar-refractivity contribution in [2.45, 2.75) is 13.0 Å². The van der Waals surface area contributed by atoms with Gasteiger partial charge < -0.3 is 20.4 Å². The highest BCUT2D eigenvalue weighted by atomic mass is 31.0. The molecule has 0 amide bonds. The van der Waals surface area contributed by atoms with E-state index in [4.69, 9.17) is 15.3 Å². The molecule has 0 saturated carbocycles. The predicted molar refractivity (Wildman–Crippen MR) is 46.3 cm³/mol. The van der Waals surface area contributed by atoms with Crippen molar-refractivity contribution in [3.8, 4) is 0 Å². The Kier molecular flexibility index (Phi) is 4.81. The van der Waals surface area contributed by atoms with Crippen molar-refractivity contribution in [1.82, 2.24) is 5.09 Å². The molecule has 2 atom stereocenters. The van der Waals surface area contributed by atoms with Crippen LogP contribution < -0.4 is 5.09 Å². The monoisotopic (exact) mass is 193 g/mol. The first kappa shape index (κ1) is 11.4. The van der Waals surface area contributed by atoms with Crippen molar-refractivity contribution < 1.29 is 20.1 Å². The summed E-state index contributed by atoms with van der Waals surface area (Å²) in [5.41, 5.74) is 0.0709. The Morgan fingerprint density at radius 1 is 1.67 bits per heavy atom. The van der Waals surface area contributed by atoms with Crippen molar-refractivity contribution in [3.05, 3.63) is 11.3 Å². The summed E-state index contributed by atoms with van der Waals surface area (Å²) in [4.78, 5) is 10.5. The van der Waals surface area contributed by atoms with Gasteiger partial charge in [0.15, 0.2) is 0 Å². The molecule has 70 valence electrons. The number of rotatable bonds is 4. The summed E-state index contributed by atoms with van der Waals surface area (Å²) in [5.74, 6) is -1.17. The topological polar surface area (TPSA) is 89.8 Å². The Morgan fingerprint density at radius 2 is 2.17 bits per heavy atom. The van der Waals surface area contributed by atoms with Gasteiger partial charge in [0.1, 0.15) is 11.8 Å². The minimum absolute atomic E-state index is 0.124. The number of carboxylic acid groups (broad SMARTS) is 1. The van der Waals surface area contributed by atoms with Crippen molar-refractivity contribution in [2.24, 2.45) is 0 Å². The van der Waals surface area contributed by atoms with Gasteiger partial charge >= 0.3 is 5.97 Å². The smallest absolute Gasteiger partial charge is 0.352 e. The Hall–Kier alpha value is -0.640. The summed E-state index contributed by atoms with van der Waals surface area (Å²) in [6.07, 6.45) is -1.14. The molecule has 0 aliphatic carbocycles. The van der Waals surface area contributed by atoms with Crippen molar-refractivity contribution in [3.63, 3.8) is 0 Å². The summed E-state index contributed by atoms with van der Waals surface area (Å²) in [6.45, 7) is 0.941. The molecule has 0 aliphatic heterocycles. The normalized spacial score (nSPS) is 15.0. The molecule has 12 heavy (non-hydrogen) atoms. The summed E-state index contributed by atoms with van der Waals surface area (Å²) in [6, 6.07) is 0. The molecule has 0 rings (SSSR count). The van der Waals surface area contributed by atoms with E-state index in [0.717, 1.165) is 0 Å². The molecule has 0 aromatic rings. The van der Waals surface area contributed by atoms with Gasteiger partial charge in [0, 0.05) is 0 Å². The van der Waals surface area contributed by atoms with Crippen LogP contribution in [0.3, 0.4) is 0 Å². The fourth-order valence-electron chi connectivity index (χ4n) is 0.648. The second kappa shape index (κ2) is 5.09. The van der Waals surface area contributed by atoms with E-state index in [-0.39, 0.29) is 11.3 Å². The molecule has 0 aromatic carbocycles. The Bertz CT molecular complexity index is 204. The van der Waals surface area contributed by atoms with Gasteiger partial charge in [-0.15, -0.1) is 0 Å². The number of aliphatic carboxylic acids is 1. The van der Waals surface area contributed by atoms with Gasteiger partial charge in [-0.3, -0.25) is 0 Å². The molecule has 0 heterocycles. The van der Waals surface area contributed by atoms with E-state index in [1.807, 2.05) is 9.39 Å². The van der Waals surface area contributed by atoms with Crippen LogP contribution in [-0.2, 0) is 4.79 Å². The van der Waals surface area contributed by atoms with E-state index in [1.54, 1.807) is 0 Å². The first-order valence-corrected chi connectivity index (χ1v) is 3.82. The third kappa shape index (κ3) is 2.77. The highest BCUT2D eigenvalue weighted by Gasteiger charge is 2.14. The van der Waals surface area contributed by atoms with Gasteiger partial charge in [0.2, 0.25) is 0 Å². The third-order valence-electron chi connectivity index (χ3n) is 1.43. The number of aliphatic hydroxyl groups excluding tert-OH is 2. The average Bonchev–Trinajstić information content (AvgIpc) is 2.03. The Balaban J connectivity index is 4.71. The zero-order chi connectivity index (χ0) is 9.72. The Labute approximate surface area is 72.4 Å². The van der Waals surface area contributed by atoms with E-state index in [0.29, 0.717) is 0 Å². The molecule has 5 nitrogen and oxygen atoms in total.